The summed E-state index contributed by atoms with van der Waals surface area (Å²) in [5.74, 6) is 0. The van der Waals surface area contributed by atoms with Crippen molar-refractivity contribution in [2.24, 2.45) is 0 Å². The molecular formula is C10H8S. The number of benzene rings is 1. The normalized spacial score (nSPS) is 8.55. The van der Waals surface area contributed by atoms with Crippen molar-refractivity contribution in [1.29, 1.82) is 0 Å². The molecule has 0 nitrogen and oxygen atoms in total. The first-order chi connectivity index (χ1) is 5.47. The topological polar surface area (TPSA) is 0 Å². The molecule has 0 aliphatic heterocycles. The third kappa shape index (κ3) is 1.60. The molecule has 0 unspecified atom stereocenters. The lowest BCUT2D eigenvalue weighted by Crippen LogP contribution is -1.56. The minimum atomic E-state index is 1.35. The number of hydrogen-bond donors (Lipinski definition) is 0. The van der Waals surface area contributed by atoms with Gasteiger partial charge in [-0.15, -0.1) is 24.2 Å². The maximum absolute atomic E-state index is 4.00. The monoisotopic (exact) mass is 160 g/mol. The maximum atomic E-state index is 4.00. The van der Waals surface area contributed by atoms with E-state index in [0.29, 0.717) is 0 Å². The lowest BCUT2D eigenvalue weighted by molar-refractivity contribution is 1.86. The molecule has 0 radical (unpaired) electrons. The molecule has 0 aliphatic rings. The molecule has 0 saturated heterocycles. The molecule has 0 bridgehead atoms. The average molecular weight is 160 g/mol. The van der Waals surface area contributed by atoms with E-state index in [9.17, 15) is 0 Å². The molecular weight excluding hydrogens is 152 g/mol. The Bertz CT molecular complexity index is 313. The molecule has 11 heavy (non-hydrogen) atoms. The van der Waals surface area contributed by atoms with Crippen LogP contribution < -0.4 is 0 Å². The minimum Gasteiger partial charge on any atom is -0.144 e. The standard InChI is InChI=1S/C8H6S.C2H2/c1-2-4-8-7(3-1)5-6-9-8;1-2/h1-6H;1-2H. The molecule has 1 heteroatoms. The summed E-state index contributed by atoms with van der Waals surface area (Å²) in [6.45, 7) is 0. The van der Waals surface area contributed by atoms with Crippen LogP contribution in [-0.2, 0) is 0 Å². The van der Waals surface area contributed by atoms with Gasteiger partial charge >= 0.3 is 0 Å². The third-order valence-corrected chi connectivity index (χ3v) is 2.26. The minimum absolute atomic E-state index is 1.35. The SMILES string of the molecule is C#C.c1ccc2sccc2c1. The molecule has 2 rings (SSSR count). The van der Waals surface area contributed by atoms with Gasteiger partial charge in [0.15, 0.2) is 0 Å². The summed E-state index contributed by atoms with van der Waals surface area (Å²) >= 11 is 1.79. The van der Waals surface area contributed by atoms with Crippen LogP contribution >= 0.6 is 11.3 Å². The van der Waals surface area contributed by atoms with Gasteiger partial charge in [-0.2, -0.15) is 0 Å². The Hall–Kier alpha value is -1.26. The van der Waals surface area contributed by atoms with Crippen LogP contribution in [0.4, 0.5) is 0 Å². The second-order valence-electron chi connectivity index (χ2n) is 1.96. The summed E-state index contributed by atoms with van der Waals surface area (Å²) in [6.07, 6.45) is 8.00. The van der Waals surface area contributed by atoms with Crippen molar-refractivity contribution in [3.8, 4) is 12.8 Å². The molecule has 0 fully saturated rings. The third-order valence-electron chi connectivity index (χ3n) is 1.36. The van der Waals surface area contributed by atoms with Crippen LogP contribution in [0, 0.1) is 12.8 Å². The second-order valence-corrected chi connectivity index (χ2v) is 2.91. The zero-order valence-electron chi connectivity index (χ0n) is 6.03. The summed E-state index contributed by atoms with van der Waals surface area (Å²) in [5, 5.41) is 3.47. The number of rotatable bonds is 0. The molecule has 1 aromatic carbocycles. The molecule has 0 atom stereocenters. The molecule has 0 spiro atoms. The van der Waals surface area contributed by atoms with Gasteiger partial charge in [-0.05, 0) is 22.9 Å². The number of hydrogen-bond acceptors (Lipinski definition) is 1. The summed E-state index contributed by atoms with van der Waals surface area (Å²) in [6, 6.07) is 10.5. The smallest absolute Gasteiger partial charge is 0.0342 e. The van der Waals surface area contributed by atoms with E-state index in [2.05, 4.69) is 48.6 Å². The average Bonchev–Trinajstić information content (AvgIpc) is 2.55. The van der Waals surface area contributed by atoms with E-state index >= 15 is 0 Å². The molecule has 1 heterocycles. The number of fused-ring (bicyclic) bond motifs is 1. The lowest BCUT2D eigenvalue weighted by atomic mass is 10.3. The van der Waals surface area contributed by atoms with Crippen molar-refractivity contribution in [3.05, 3.63) is 35.7 Å². The van der Waals surface area contributed by atoms with Crippen molar-refractivity contribution in [2.45, 2.75) is 0 Å². The number of thiophene rings is 1. The van der Waals surface area contributed by atoms with Gasteiger partial charge in [0.2, 0.25) is 0 Å². The fourth-order valence-electron chi connectivity index (χ4n) is 0.906. The quantitative estimate of drug-likeness (QED) is 0.519. The summed E-state index contributed by atoms with van der Waals surface area (Å²) in [5.41, 5.74) is 0. The Labute approximate surface area is 70.5 Å². The van der Waals surface area contributed by atoms with Crippen LogP contribution in [0.3, 0.4) is 0 Å². The zero-order valence-corrected chi connectivity index (χ0v) is 6.84. The number of terminal acetylenes is 1. The summed E-state index contributed by atoms with van der Waals surface area (Å²) < 4.78 is 1.37. The van der Waals surface area contributed by atoms with E-state index in [0.717, 1.165) is 0 Å². The van der Waals surface area contributed by atoms with Gasteiger partial charge < -0.3 is 0 Å². The van der Waals surface area contributed by atoms with E-state index in [-0.39, 0.29) is 0 Å². The molecule has 0 N–H and O–H groups in total. The van der Waals surface area contributed by atoms with E-state index in [1.807, 2.05) is 0 Å². The van der Waals surface area contributed by atoms with Crippen LogP contribution in [-0.4, -0.2) is 0 Å². The highest BCUT2D eigenvalue weighted by Gasteiger charge is 1.87. The highest BCUT2D eigenvalue weighted by atomic mass is 32.1. The Morgan fingerprint density at radius 2 is 1.73 bits per heavy atom. The van der Waals surface area contributed by atoms with Gasteiger partial charge in [-0.1, -0.05) is 18.2 Å². The van der Waals surface area contributed by atoms with Gasteiger partial charge in [-0.25, -0.2) is 0 Å². The van der Waals surface area contributed by atoms with Crippen LogP contribution in [0.25, 0.3) is 10.1 Å². The summed E-state index contributed by atoms with van der Waals surface area (Å²) in [4.78, 5) is 0. The second kappa shape index (κ2) is 3.80. The predicted molar refractivity (Wildman–Crippen MR) is 51.7 cm³/mol. The van der Waals surface area contributed by atoms with Gasteiger partial charge in [0, 0.05) is 4.70 Å². The first kappa shape index (κ1) is 7.84. The first-order valence-electron chi connectivity index (χ1n) is 3.22. The fourth-order valence-corrected chi connectivity index (χ4v) is 1.70. The van der Waals surface area contributed by atoms with Crippen LogP contribution in [0.1, 0.15) is 0 Å². The zero-order chi connectivity index (χ0) is 8.10. The molecule has 0 saturated carbocycles. The summed E-state index contributed by atoms with van der Waals surface area (Å²) in [7, 11) is 0. The van der Waals surface area contributed by atoms with E-state index in [1.54, 1.807) is 11.3 Å². The predicted octanol–water partition coefficient (Wildman–Crippen LogP) is 3.15. The Morgan fingerprint density at radius 3 is 2.45 bits per heavy atom. The lowest BCUT2D eigenvalue weighted by Gasteiger charge is -1.82. The van der Waals surface area contributed by atoms with Crippen molar-refractivity contribution in [1.82, 2.24) is 0 Å². The largest absolute Gasteiger partial charge is 0.144 e. The van der Waals surface area contributed by atoms with E-state index < -0.39 is 0 Å². The Morgan fingerprint density at radius 1 is 1.00 bits per heavy atom. The first-order valence-corrected chi connectivity index (χ1v) is 4.10. The molecule has 1 aromatic heterocycles. The van der Waals surface area contributed by atoms with Gasteiger partial charge in [0.05, 0.1) is 0 Å². The van der Waals surface area contributed by atoms with Crippen molar-refractivity contribution in [3.63, 3.8) is 0 Å². The van der Waals surface area contributed by atoms with Gasteiger partial charge in [0.25, 0.3) is 0 Å². The molecule has 0 amide bonds. The van der Waals surface area contributed by atoms with Gasteiger partial charge in [0.1, 0.15) is 0 Å². The van der Waals surface area contributed by atoms with Crippen molar-refractivity contribution in [2.75, 3.05) is 0 Å². The van der Waals surface area contributed by atoms with Crippen LogP contribution in [0.15, 0.2) is 35.7 Å². The van der Waals surface area contributed by atoms with E-state index in [1.165, 1.54) is 10.1 Å². The Kier molecular flexibility index (Phi) is 2.71. The van der Waals surface area contributed by atoms with Gasteiger partial charge in [-0.3, -0.25) is 0 Å². The molecule has 2 aromatic rings. The van der Waals surface area contributed by atoms with Crippen LogP contribution in [0.5, 0.6) is 0 Å². The molecule has 54 valence electrons. The Balaban J connectivity index is 0.000000281. The maximum Gasteiger partial charge on any atom is 0.0342 e. The molecule has 0 aliphatic carbocycles. The highest BCUT2D eigenvalue weighted by molar-refractivity contribution is 7.17. The van der Waals surface area contributed by atoms with E-state index in [4.69, 9.17) is 0 Å². The van der Waals surface area contributed by atoms with Crippen LogP contribution in [0.2, 0.25) is 0 Å². The van der Waals surface area contributed by atoms with Crippen molar-refractivity contribution >= 4 is 21.4 Å². The highest BCUT2D eigenvalue weighted by Crippen LogP contribution is 2.18. The fraction of sp³-hybridized carbons (Fsp3) is 0. The van der Waals surface area contributed by atoms with Crippen molar-refractivity contribution < 1.29 is 0 Å².